The summed E-state index contributed by atoms with van der Waals surface area (Å²) < 4.78 is 24.3. The lowest BCUT2D eigenvalue weighted by Gasteiger charge is -2.11. The average molecular weight is 567 g/mol. The molecule has 0 atom stereocenters. The summed E-state index contributed by atoms with van der Waals surface area (Å²) in [5.74, 6) is 0.420. The van der Waals surface area contributed by atoms with Crippen LogP contribution in [0.5, 0.6) is 11.5 Å². The number of hydrogen-bond acceptors (Lipinski definition) is 7. The van der Waals surface area contributed by atoms with E-state index in [1.165, 1.54) is 35.2 Å². The highest BCUT2D eigenvalue weighted by molar-refractivity contribution is 7.14. The van der Waals surface area contributed by atoms with E-state index in [2.05, 4.69) is 20.8 Å². The molecule has 0 aliphatic carbocycles. The molecule has 0 fully saturated rings. The Kier molecular flexibility index (Phi) is 8.66. The zero-order valence-corrected chi connectivity index (χ0v) is 23.2. The van der Waals surface area contributed by atoms with Crippen molar-refractivity contribution in [2.45, 2.75) is 13.5 Å². The molecule has 5 aromatic rings. The Morgan fingerprint density at radius 3 is 2.46 bits per heavy atom. The van der Waals surface area contributed by atoms with Crippen LogP contribution in [0.4, 0.5) is 15.2 Å². The molecule has 5 rings (SSSR count). The van der Waals surface area contributed by atoms with Gasteiger partial charge in [-0.05, 0) is 72.6 Å². The third-order valence-corrected chi connectivity index (χ3v) is 6.88. The van der Waals surface area contributed by atoms with E-state index in [1.54, 1.807) is 49.6 Å². The normalized spacial score (nSPS) is 10.9. The first-order valence-electron chi connectivity index (χ1n) is 12.8. The molecular formula is C32H27FN4O3S. The number of amides is 1. The Balaban J connectivity index is 1.15. The second kappa shape index (κ2) is 12.9. The number of carbonyl (C=O) groups excluding carboxylic acids is 1. The molecule has 0 saturated heterocycles. The van der Waals surface area contributed by atoms with Gasteiger partial charge in [0.15, 0.2) is 16.6 Å². The number of ether oxygens (including phenoxy) is 2. The van der Waals surface area contributed by atoms with Gasteiger partial charge in [0.25, 0.3) is 5.91 Å². The number of rotatable bonds is 10. The number of hydrazone groups is 1. The van der Waals surface area contributed by atoms with Gasteiger partial charge < -0.3 is 14.8 Å². The highest BCUT2D eigenvalue weighted by Crippen LogP contribution is 2.29. The van der Waals surface area contributed by atoms with Gasteiger partial charge in [0, 0.05) is 22.2 Å². The van der Waals surface area contributed by atoms with Crippen LogP contribution in [-0.2, 0) is 6.61 Å². The van der Waals surface area contributed by atoms with Gasteiger partial charge in [-0.15, -0.1) is 11.3 Å². The molecule has 41 heavy (non-hydrogen) atoms. The van der Waals surface area contributed by atoms with Gasteiger partial charge in [-0.2, -0.15) is 5.10 Å². The lowest BCUT2D eigenvalue weighted by molar-refractivity contribution is 0.0955. The molecule has 0 spiro atoms. The molecule has 0 unspecified atom stereocenters. The largest absolute Gasteiger partial charge is 0.493 e. The smallest absolute Gasteiger partial charge is 0.271 e. The highest BCUT2D eigenvalue weighted by Gasteiger charge is 2.09. The SMILES string of the molecule is COc1cc(/C=N\NC(=O)c2ccc(-c3csc(Nc4ccc(C)cc4)n3)cc2)ccc1OCc1ccc(F)cc1. The fourth-order valence-electron chi connectivity index (χ4n) is 3.87. The molecule has 0 saturated carbocycles. The van der Waals surface area contributed by atoms with Gasteiger partial charge in [-0.25, -0.2) is 14.8 Å². The predicted molar refractivity (Wildman–Crippen MR) is 161 cm³/mol. The molecule has 9 heteroatoms. The maximum atomic E-state index is 13.1. The number of nitrogens with one attached hydrogen (secondary N) is 2. The first-order valence-corrected chi connectivity index (χ1v) is 13.6. The predicted octanol–water partition coefficient (Wildman–Crippen LogP) is 7.35. The van der Waals surface area contributed by atoms with E-state index in [9.17, 15) is 9.18 Å². The lowest BCUT2D eigenvalue weighted by atomic mass is 10.1. The van der Waals surface area contributed by atoms with Crippen LogP contribution in [0.15, 0.2) is 101 Å². The van der Waals surface area contributed by atoms with Gasteiger partial charge in [0.2, 0.25) is 0 Å². The minimum atomic E-state index is -0.334. The van der Waals surface area contributed by atoms with Crippen molar-refractivity contribution >= 4 is 34.3 Å². The van der Waals surface area contributed by atoms with Crippen molar-refractivity contribution in [2.75, 3.05) is 12.4 Å². The van der Waals surface area contributed by atoms with Crippen LogP contribution in [0, 0.1) is 12.7 Å². The van der Waals surface area contributed by atoms with Crippen molar-refractivity contribution in [2.24, 2.45) is 5.10 Å². The van der Waals surface area contributed by atoms with Crippen LogP contribution in [0.25, 0.3) is 11.3 Å². The Labute approximate surface area is 241 Å². The number of nitrogens with zero attached hydrogens (tertiary/aromatic N) is 2. The molecule has 1 aromatic heterocycles. The molecule has 0 aliphatic heterocycles. The summed E-state index contributed by atoms with van der Waals surface area (Å²) in [5, 5.41) is 10.2. The fraction of sp³-hybridized carbons (Fsp3) is 0.0938. The van der Waals surface area contributed by atoms with Crippen LogP contribution in [0.1, 0.15) is 27.0 Å². The van der Waals surface area contributed by atoms with E-state index in [0.29, 0.717) is 22.6 Å². The Morgan fingerprint density at radius 2 is 1.73 bits per heavy atom. The number of methoxy groups -OCH3 is 1. The van der Waals surface area contributed by atoms with Gasteiger partial charge in [0.05, 0.1) is 19.0 Å². The summed E-state index contributed by atoms with van der Waals surface area (Å²) >= 11 is 1.52. The van der Waals surface area contributed by atoms with Gasteiger partial charge >= 0.3 is 0 Å². The molecule has 1 heterocycles. The second-order valence-corrected chi connectivity index (χ2v) is 9.99. The Bertz CT molecular complexity index is 1650. The molecule has 0 radical (unpaired) electrons. The van der Waals surface area contributed by atoms with Crippen LogP contribution in [-0.4, -0.2) is 24.2 Å². The molecule has 7 nitrogen and oxygen atoms in total. The van der Waals surface area contributed by atoms with Crippen molar-refractivity contribution in [3.63, 3.8) is 0 Å². The van der Waals surface area contributed by atoms with E-state index in [4.69, 9.17) is 9.47 Å². The van der Waals surface area contributed by atoms with Crippen molar-refractivity contribution in [3.8, 4) is 22.8 Å². The highest BCUT2D eigenvalue weighted by atomic mass is 32.1. The van der Waals surface area contributed by atoms with E-state index in [-0.39, 0.29) is 18.3 Å². The number of carbonyl (C=O) groups is 1. The van der Waals surface area contributed by atoms with Gasteiger partial charge in [-0.3, -0.25) is 4.79 Å². The van der Waals surface area contributed by atoms with Crippen LogP contribution in [0.3, 0.4) is 0 Å². The van der Waals surface area contributed by atoms with E-state index in [0.717, 1.165) is 27.6 Å². The monoisotopic (exact) mass is 566 g/mol. The summed E-state index contributed by atoms with van der Waals surface area (Å²) in [7, 11) is 1.54. The zero-order valence-electron chi connectivity index (χ0n) is 22.4. The first kappa shape index (κ1) is 27.5. The number of halogens is 1. The molecule has 0 bridgehead atoms. The van der Waals surface area contributed by atoms with Gasteiger partial charge in [-0.1, -0.05) is 42.0 Å². The maximum absolute atomic E-state index is 13.1. The van der Waals surface area contributed by atoms with Crippen LogP contribution >= 0.6 is 11.3 Å². The van der Waals surface area contributed by atoms with Crippen LogP contribution < -0.4 is 20.2 Å². The summed E-state index contributed by atoms with van der Waals surface area (Å²) in [5.41, 5.74) is 8.49. The Hall–Kier alpha value is -5.02. The second-order valence-electron chi connectivity index (χ2n) is 9.13. The topological polar surface area (TPSA) is 84.8 Å². The van der Waals surface area contributed by atoms with Crippen molar-refractivity contribution in [1.29, 1.82) is 0 Å². The third kappa shape index (κ3) is 7.34. The number of anilines is 2. The van der Waals surface area contributed by atoms with Gasteiger partial charge in [0.1, 0.15) is 12.4 Å². The third-order valence-electron chi connectivity index (χ3n) is 6.12. The van der Waals surface area contributed by atoms with Crippen LogP contribution in [0.2, 0.25) is 0 Å². The number of benzene rings is 4. The van der Waals surface area contributed by atoms with E-state index >= 15 is 0 Å². The number of aryl methyl sites for hydroxylation is 1. The van der Waals surface area contributed by atoms with Crippen molar-refractivity contribution in [3.05, 3.63) is 124 Å². The fourth-order valence-corrected chi connectivity index (χ4v) is 4.61. The first-order chi connectivity index (χ1) is 20.0. The number of hydrogen-bond donors (Lipinski definition) is 2. The Morgan fingerprint density at radius 1 is 0.976 bits per heavy atom. The van der Waals surface area contributed by atoms with Crippen molar-refractivity contribution in [1.82, 2.24) is 10.4 Å². The number of thiazole rings is 1. The minimum absolute atomic E-state index is 0.271. The molecule has 1 amide bonds. The molecule has 2 N–H and O–H groups in total. The quantitative estimate of drug-likeness (QED) is 0.136. The molecule has 206 valence electrons. The van der Waals surface area contributed by atoms with E-state index in [1.807, 2.05) is 48.7 Å². The van der Waals surface area contributed by atoms with E-state index < -0.39 is 0 Å². The maximum Gasteiger partial charge on any atom is 0.271 e. The minimum Gasteiger partial charge on any atom is -0.493 e. The molecular weight excluding hydrogens is 539 g/mol. The average Bonchev–Trinajstić information content (AvgIpc) is 3.47. The zero-order chi connectivity index (χ0) is 28.6. The standard InChI is InChI=1S/C32H27FN4O3S/c1-21-3-14-27(15-4-21)35-32-36-28(20-41-32)24-8-10-25(11-9-24)31(38)37-34-18-23-7-16-29(30(17-23)39-2)40-19-22-5-12-26(33)13-6-22/h3-18,20H,19H2,1-2H3,(H,35,36)(H,37,38)/b34-18-. The summed E-state index contributed by atoms with van der Waals surface area (Å²) in [6.07, 6.45) is 1.52. The summed E-state index contributed by atoms with van der Waals surface area (Å²) in [6, 6.07) is 26.7. The van der Waals surface area contributed by atoms with Crippen molar-refractivity contribution < 1.29 is 18.7 Å². The lowest BCUT2D eigenvalue weighted by Crippen LogP contribution is -2.17. The summed E-state index contributed by atoms with van der Waals surface area (Å²) in [6.45, 7) is 2.32. The summed E-state index contributed by atoms with van der Waals surface area (Å²) in [4.78, 5) is 17.3. The number of aromatic nitrogens is 1. The molecule has 0 aliphatic rings. The molecule has 4 aromatic carbocycles.